The lowest BCUT2D eigenvalue weighted by Crippen LogP contribution is -2.42. The fourth-order valence-corrected chi connectivity index (χ4v) is 2.05. The Morgan fingerprint density at radius 1 is 1.33 bits per heavy atom. The zero-order valence-electron chi connectivity index (χ0n) is 10.6. The summed E-state index contributed by atoms with van der Waals surface area (Å²) in [6, 6.07) is 3.70. The Morgan fingerprint density at radius 2 is 2.00 bits per heavy atom. The van der Waals surface area contributed by atoms with Crippen LogP contribution in [0.1, 0.15) is 25.3 Å². The Labute approximate surface area is 106 Å². The van der Waals surface area contributed by atoms with Gasteiger partial charge in [-0.1, -0.05) is 13.0 Å². The molecule has 96 valence electrons. The van der Waals surface area contributed by atoms with E-state index in [0.717, 1.165) is 11.4 Å². The lowest BCUT2D eigenvalue weighted by molar-refractivity contribution is -0.150. The number of imide groups is 1. The third-order valence-corrected chi connectivity index (χ3v) is 3.07. The second-order valence-electron chi connectivity index (χ2n) is 4.69. The van der Waals surface area contributed by atoms with Gasteiger partial charge in [0, 0.05) is 26.1 Å². The first-order valence-electron chi connectivity index (χ1n) is 6.06. The van der Waals surface area contributed by atoms with Crippen molar-refractivity contribution in [2.45, 2.75) is 26.3 Å². The van der Waals surface area contributed by atoms with E-state index in [1.807, 2.05) is 19.1 Å². The van der Waals surface area contributed by atoms with E-state index in [9.17, 15) is 9.59 Å². The monoisotopic (exact) mass is 247 g/mol. The molecule has 0 aromatic carbocycles. The first-order chi connectivity index (χ1) is 8.60. The second-order valence-corrected chi connectivity index (χ2v) is 4.69. The highest BCUT2D eigenvalue weighted by atomic mass is 16.2. The van der Waals surface area contributed by atoms with Crippen molar-refractivity contribution >= 4 is 17.6 Å². The number of amides is 2. The van der Waals surface area contributed by atoms with Gasteiger partial charge in [-0.3, -0.25) is 14.5 Å². The molecule has 2 amide bonds. The molecule has 5 nitrogen and oxygen atoms in total. The highest BCUT2D eigenvalue weighted by molar-refractivity contribution is 5.97. The van der Waals surface area contributed by atoms with Crippen molar-refractivity contribution in [3.8, 4) is 0 Å². The van der Waals surface area contributed by atoms with Gasteiger partial charge in [-0.15, -0.1) is 0 Å². The van der Waals surface area contributed by atoms with Crippen LogP contribution < -0.4 is 5.32 Å². The molecule has 5 heteroatoms. The number of carbonyl (C=O) groups excluding carboxylic acids is 2. The molecule has 0 radical (unpaired) electrons. The Morgan fingerprint density at radius 3 is 2.50 bits per heavy atom. The molecule has 2 heterocycles. The number of anilines is 1. The predicted molar refractivity (Wildman–Crippen MR) is 67.7 cm³/mol. The summed E-state index contributed by atoms with van der Waals surface area (Å²) >= 11 is 0. The predicted octanol–water partition coefficient (Wildman–Crippen LogP) is 1.41. The van der Waals surface area contributed by atoms with Gasteiger partial charge in [-0.2, -0.15) is 0 Å². The fourth-order valence-electron chi connectivity index (χ4n) is 2.05. The van der Waals surface area contributed by atoms with Crippen LogP contribution in [0.3, 0.4) is 0 Å². The smallest absolute Gasteiger partial charge is 0.229 e. The quantitative estimate of drug-likeness (QED) is 0.820. The molecule has 0 saturated carbocycles. The van der Waals surface area contributed by atoms with Gasteiger partial charge in [-0.05, 0) is 17.5 Å². The van der Waals surface area contributed by atoms with Crippen molar-refractivity contribution in [2.75, 3.05) is 12.4 Å². The highest BCUT2D eigenvalue weighted by Gasteiger charge is 2.30. The summed E-state index contributed by atoms with van der Waals surface area (Å²) in [5.74, 6) is 0.752. The fraction of sp³-hybridized carbons (Fsp3) is 0.462. The molecule has 1 fully saturated rings. The topological polar surface area (TPSA) is 62.3 Å². The van der Waals surface area contributed by atoms with E-state index in [0.29, 0.717) is 19.4 Å². The normalized spacial score (nSPS) is 17.1. The van der Waals surface area contributed by atoms with Gasteiger partial charge in [0.15, 0.2) is 0 Å². The van der Waals surface area contributed by atoms with E-state index in [1.54, 1.807) is 13.2 Å². The average molecular weight is 247 g/mol. The minimum atomic E-state index is -0.0866. The zero-order valence-corrected chi connectivity index (χ0v) is 10.6. The molecule has 0 unspecified atom stereocenters. The summed E-state index contributed by atoms with van der Waals surface area (Å²) in [7, 11) is 1.79. The molecule has 1 N–H and O–H groups in total. The maximum absolute atomic E-state index is 11.8. The van der Waals surface area contributed by atoms with Crippen LogP contribution in [0.2, 0.25) is 0 Å². The van der Waals surface area contributed by atoms with E-state index in [2.05, 4.69) is 10.3 Å². The number of aromatic nitrogens is 1. The first-order valence-corrected chi connectivity index (χ1v) is 6.06. The third kappa shape index (κ3) is 2.67. The minimum Gasteiger partial charge on any atom is -0.373 e. The highest BCUT2D eigenvalue weighted by Crippen LogP contribution is 2.20. The lowest BCUT2D eigenvalue weighted by atomic mass is 9.97. The number of nitrogens with one attached hydrogen (secondary N) is 1. The van der Waals surface area contributed by atoms with Gasteiger partial charge in [0.25, 0.3) is 0 Å². The van der Waals surface area contributed by atoms with Gasteiger partial charge in [0.1, 0.15) is 5.82 Å². The maximum atomic E-state index is 11.8. The maximum Gasteiger partial charge on any atom is 0.229 e. The van der Waals surface area contributed by atoms with Gasteiger partial charge in [0.2, 0.25) is 11.8 Å². The molecule has 2 rings (SSSR count). The molecule has 0 atom stereocenters. The summed E-state index contributed by atoms with van der Waals surface area (Å²) in [4.78, 5) is 29.1. The third-order valence-electron chi connectivity index (χ3n) is 3.07. The zero-order chi connectivity index (χ0) is 13.1. The largest absolute Gasteiger partial charge is 0.373 e. The van der Waals surface area contributed by atoms with Gasteiger partial charge >= 0.3 is 0 Å². The molecular formula is C13H17N3O2. The van der Waals surface area contributed by atoms with Crippen molar-refractivity contribution < 1.29 is 9.59 Å². The number of hydrogen-bond acceptors (Lipinski definition) is 4. The van der Waals surface area contributed by atoms with Crippen LogP contribution in [0.25, 0.3) is 0 Å². The molecule has 1 aliphatic heterocycles. The van der Waals surface area contributed by atoms with Crippen LogP contribution in [0.4, 0.5) is 5.82 Å². The second kappa shape index (κ2) is 5.16. The van der Waals surface area contributed by atoms with Gasteiger partial charge in [0.05, 0.1) is 6.54 Å². The van der Waals surface area contributed by atoms with Crippen molar-refractivity contribution in [1.82, 2.24) is 9.88 Å². The molecule has 1 aromatic heterocycles. The minimum absolute atomic E-state index is 0.0866. The van der Waals surface area contributed by atoms with Crippen molar-refractivity contribution in [3.05, 3.63) is 23.9 Å². The lowest BCUT2D eigenvalue weighted by Gasteiger charge is -2.28. The molecular weight excluding hydrogens is 230 g/mol. The van der Waals surface area contributed by atoms with Crippen LogP contribution in [-0.2, 0) is 16.1 Å². The number of rotatable bonds is 3. The Hall–Kier alpha value is -1.91. The van der Waals surface area contributed by atoms with Crippen LogP contribution in [0.5, 0.6) is 0 Å². The molecule has 0 spiro atoms. The first kappa shape index (κ1) is 12.5. The summed E-state index contributed by atoms with van der Waals surface area (Å²) < 4.78 is 0. The van der Waals surface area contributed by atoms with Crippen LogP contribution >= 0.6 is 0 Å². The Bertz CT molecular complexity index is 438. The van der Waals surface area contributed by atoms with E-state index >= 15 is 0 Å². The van der Waals surface area contributed by atoms with Gasteiger partial charge < -0.3 is 5.32 Å². The summed E-state index contributed by atoms with van der Waals surface area (Å²) in [6.45, 7) is 2.25. The molecule has 1 aromatic rings. The number of carbonyl (C=O) groups is 2. The van der Waals surface area contributed by atoms with Gasteiger partial charge in [-0.25, -0.2) is 4.98 Å². The standard InChI is InChI=1S/C13H17N3O2/c1-9-5-12(17)16(13(18)6-9)8-10-3-4-11(14-2)15-7-10/h3-4,7,9H,5-6,8H2,1-2H3,(H,14,15). The Kier molecular flexibility index (Phi) is 3.60. The van der Waals surface area contributed by atoms with Crippen LogP contribution in [-0.4, -0.2) is 28.7 Å². The summed E-state index contributed by atoms with van der Waals surface area (Å²) in [5.41, 5.74) is 0.866. The van der Waals surface area contributed by atoms with E-state index in [1.165, 1.54) is 4.90 Å². The average Bonchev–Trinajstić information content (AvgIpc) is 2.34. The number of nitrogens with zero attached hydrogens (tertiary/aromatic N) is 2. The van der Waals surface area contributed by atoms with E-state index in [4.69, 9.17) is 0 Å². The molecule has 1 saturated heterocycles. The number of hydrogen-bond donors (Lipinski definition) is 1. The summed E-state index contributed by atoms with van der Waals surface area (Å²) in [6.07, 6.45) is 2.59. The molecule has 0 bridgehead atoms. The SMILES string of the molecule is CNc1ccc(CN2C(=O)CC(C)CC2=O)cn1. The van der Waals surface area contributed by atoms with Crippen molar-refractivity contribution in [3.63, 3.8) is 0 Å². The van der Waals surface area contributed by atoms with Crippen LogP contribution in [0.15, 0.2) is 18.3 Å². The summed E-state index contributed by atoms with van der Waals surface area (Å²) in [5, 5.41) is 2.92. The number of piperidine rings is 1. The van der Waals surface area contributed by atoms with E-state index in [-0.39, 0.29) is 17.7 Å². The number of pyridine rings is 1. The van der Waals surface area contributed by atoms with Crippen molar-refractivity contribution in [2.24, 2.45) is 5.92 Å². The van der Waals surface area contributed by atoms with E-state index < -0.39 is 0 Å². The molecule has 1 aliphatic rings. The molecule has 18 heavy (non-hydrogen) atoms. The molecule has 0 aliphatic carbocycles. The number of likely N-dealkylation sites (tertiary alicyclic amines) is 1. The van der Waals surface area contributed by atoms with Crippen LogP contribution in [0, 0.1) is 5.92 Å². The van der Waals surface area contributed by atoms with Crippen molar-refractivity contribution in [1.29, 1.82) is 0 Å². The Balaban J connectivity index is 2.07.